The van der Waals surface area contributed by atoms with Gasteiger partial charge in [0.2, 0.25) is 10.0 Å². The molecule has 0 N–H and O–H groups in total. The maximum absolute atomic E-state index is 11.5. The SMILES string of the molecule is CS(=O)(=O)N1CCCC(c2ncc(Br)s2)C1. The molecule has 0 saturated carbocycles. The summed E-state index contributed by atoms with van der Waals surface area (Å²) in [6, 6.07) is 0. The molecule has 0 bridgehead atoms. The minimum atomic E-state index is -3.06. The quantitative estimate of drug-likeness (QED) is 0.836. The van der Waals surface area contributed by atoms with E-state index in [2.05, 4.69) is 20.9 Å². The molecule has 1 aromatic heterocycles. The van der Waals surface area contributed by atoms with Crippen molar-refractivity contribution in [2.75, 3.05) is 19.3 Å². The van der Waals surface area contributed by atoms with Gasteiger partial charge in [-0.3, -0.25) is 0 Å². The topological polar surface area (TPSA) is 50.3 Å². The molecule has 1 aromatic rings. The van der Waals surface area contributed by atoms with Gasteiger partial charge in [-0.15, -0.1) is 11.3 Å². The lowest BCUT2D eigenvalue weighted by molar-refractivity contribution is 0.317. The first-order valence-corrected chi connectivity index (χ1v) is 8.49. The lowest BCUT2D eigenvalue weighted by atomic mass is 10.0. The van der Waals surface area contributed by atoms with Crippen molar-refractivity contribution < 1.29 is 8.42 Å². The van der Waals surface area contributed by atoms with Gasteiger partial charge in [0.25, 0.3) is 0 Å². The van der Waals surface area contributed by atoms with E-state index in [0.717, 1.165) is 21.6 Å². The van der Waals surface area contributed by atoms with E-state index in [1.54, 1.807) is 21.8 Å². The highest BCUT2D eigenvalue weighted by molar-refractivity contribution is 9.11. The third kappa shape index (κ3) is 2.82. The zero-order valence-corrected chi connectivity index (χ0v) is 12.1. The number of thiazole rings is 1. The zero-order valence-electron chi connectivity index (χ0n) is 8.89. The second-order valence-corrected chi connectivity index (χ2v) is 8.39. The largest absolute Gasteiger partial charge is 0.248 e. The normalized spacial score (nSPS) is 23.5. The molecule has 1 saturated heterocycles. The maximum Gasteiger partial charge on any atom is 0.211 e. The third-order valence-electron chi connectivity index (χ3n) is 2.70. The lowest BCUT2D eigenvalue weighted by Gasteiger charge is -2.29. The van der Waals surface area contributed by atoms with E-state index in [0.29, 0.717) is 13.1 Å². The van der Waals surface area contributed by atoms with Crippen molar-refractivity contribution in [2.24, 2.45) is 0 Å². The fourth-order valence-electron chi connectivity index (χ4n) is 1.90. The number of hydrogen-bond acceptors (Lipinski definition) is 4. The van der Waals surface area contributed by atoms with Crippen LogP contribution in [0.15, 0.2) is 9.98 Å². The van der Waals surface area contributed by atoms with Gasteiger partial charge >= 0.3 is 0 Å². The number of piperidine rings is 1. The molecule has 16 heavy (non-hydrogen) atoms. The average molecular weight is 325 g/mol. The Kier molecular flexibility index (Phi) is 3.68. The Balaban J connectivity index is 2.13. The van der Waals surface area contributed by atoms with Gasteiger partial charge in [0.1, 0.15) is 0 Å². The van der Waals surface area contributed by atoms with Crippen LogP contribution < -0.4 is 0 Å². The summed E-state index contributed by atoms with van der Waals surface area (Å²) in [5.41, 5.74) is 0. The first kappa shape index (κ1) is 12.5. The highest BCUT2D eigenvalue weighted by Gasteiger charge is 2.28. The summed E-state index contributed by atoms with van der Waals surface area (Å²) in [4.78, 5) is 4.31. The van der Waals surface area contributed by atoms with Gasteiger partial charge in [0.05, 0.1) is 21.2 Å². The van der Waals surface area contributed by atoms with Crippen LogP contribution in [0.1, 0.15) is 23.8 Å². The standard InChI is InChI=1S/C9H13BrN2O2S2/c1-16(13,14)12-4-2-3-7(6-12)9-11-5-8(10)15-9/h5,7H,2-4,6H2,1H3. The Labute approximate surface area is 108 Å². The van der Waals surface area contributed by atoms with Crippen LogP contribution in [0.2, 0.25) is 0 Å². The third-order valence-corrected chi connectivity index (χ3v) is 5.61. The molecule has 2 heterocycles. The van der Waals surface area contributed by atoms with Crippen LogP contribution in [0, 0.1) is 0 Å². The monoisotopic (exact) mass is 324 g/mol. The molecule has 0 amide bonds. The van der Waals surface area contributed by atoms with Crippen molar-refractivity contribution in [3.63, 3.8) is 0 Å². The number of aromatic nitrogens is 1. The number of halogens is 1. The van der Waals surface area contributed by atoms with Crippen LogP contribution in [0.3, 0.4) is 0 Å². The Bertz CT molecular complexity index is 472. The highest BCUT2D eigenvalue weighted by Crippen LogP contribution is 2.32. The number of sulfonamides is 1. The smallest absolute Gasteiger partial charge is 0.211 e. The highest BCUT2D eigenvalue weighted by atomic mass is 79.9. The van der Waals surface area contributed by atoms with Crippen LogP contribution in [0.4, 0.5) is 0 Å². The Morgan fingerprint density at radius 2 is 2.38 bits per heavy atom. The minimum absolute atomic E-state index is 0.250. The van der Waals surface area contributed by atoms with E-state index in [9.17, 15) is 8.42 Å². The molecule has 7 heteroatoms. The Morgan fingerprint density at radius 3 is 2.94 bits per heavy atom. The molecular weight excluding hydrogens is 312 g/mol. The summed E-state index contributed by atoms with van der Waals surface area (Å²) in [5.74, 6) is 0.250. The fourth-order valence-corrected chi connectivity index (χ4v) is 4.18. The summed E-state index contributed by atoms with van der Waals surface area (Å²) in [6.45, 7) is 1.21. The summed E-state index contributed by atoms with van der Waals surface area (Å²) in [6.07, 6.45) is 4.98. The van der Waals surface area contributed by atoms with Gasteiger partial charge < -0.3 is 0 Å². The molecule has 1 atom stereocenters. The molecular formula is C9H13BrN2O2S2. The van der Waals surface area contributed by atoms with Crippen LogP contribution in [0.25, 0.3) is 0 Å². The van der Waals surface area contributed by atoms with Gasteiger partial charge in [-0.05, 0) is 28.8 Å². The lowest BCUT2D eigenvalue weighted by Crippen LogP contribution is -2.38. The number of hydrogen-bond donors (Lipinski definition) is 0. The summed E-state index contributed by atoms with van der Waals surface area (Å²) in [5, 5.41) is 1.03. The van der Waals surface area contributed by atoms with Crippen molar-refractivity contribution >= 4 is 37.3 Å². The Morgan fingerprint density at radius 1 is 1.62 bits per heavy atom. The minimum Gasteiger partial charge on any atom is -0.248 e. The summed E-state index contributed by atoms with van der Waals surface area (Å²) >= 11 is 4.97. The van der Waals surface area contributed by atoms with Crippen molar-refractivity contribution in [2.45, 2.75) is 18.8 Å². The fraction of sp³-hybridized carbons (Fsp3) is 0.667. The molecule has 1 fully saturated rings. The molecule has 0 aromatic carbocycles. The van der Waals surface area contributed by atoms with Crippen LogP contribution in [-0.4, -0.2) is 37.1 Å². The van der Waals surface area contributed by atoms with E-state index in [1.807, 2.05) is 0 Å². The predicted octanol–water partition coefficient (Wildman–Crippen LogP) is 2.04. The first-order chi connectivity index (χ1) is 7.47. The number of nitrogens with zero attached hydrogens (tertiary/aromatic N) is 2. The maximum atomic E-state index is 11.5. The molecule has 1 unspecified atom stereocenters. The molecule has 4 nitrogen and oxygen atoms in total. The van der Waals surface area contributed by atoms with Crippen molar-refractivity contribution in [1.29, 1.82) is 0 Å². The second-order valence-electron chi connectivity index (χ2n) is 3.96. The van der Waals surface area contributed by atoms with Crippen molar-refractivity contribution in [3.8, 4) is 0 Å². The number of rotatable bonds is 2. The molecule has 2 rings (SSSR count). The van der Waals surface area contributed by atoms with Crippen LogP contribution in [0.5, 0.6) is 0 Å². The molecule has 0 spiro atoms. The zero-order chi connectivity index (χ0) is 11.8. The van der Waals surface area contributed by atoms with E-state index in [-0.39, 0.29) is 5.92 Å². The molecule has 90 valence electrons. The molecule has 0 radical (unpaired) electrons. The molecule has 1 aliphatic heterocycles. The van der Waals surface area contributed by atoms with E-state index in [4.69, 9.17) is 0 Å². The summed E-state index contributed by atoms with van der Waals surface area (Å²) < 4.78 is 25.5. The summed E-state index contributed by atoms with van der Waals surface area (Å²) in [7, 11) is -3.06. The molecule has 1 aliphatic rings. The van der Waals surface area contributed by atoms with Gasteiger partial charge in [-0.25, -0.2) is 17.7 Å². The van der Waals surface area contributed by atoms with E-state index in [1.165, 1.54) is 6.26 Å². The van der Waals surface area contributed by atoms with Crippen LogP contribution in [-0.2, 0) is 10.0 Å². The Hall–Kier alpha value is 0.0200. The predicted molar refractivity (Wildman–Crippen MR) is 68.2 cm³/mol. The van der Waals surface area contributed by atoms with Crippen molar-refractivity contribution in [1.82, 2.24) is 9.29 Å². The average Bonchev–Trinajstić information content (AvgIpc) is 2.64. The van der Waals surface area contributed by atoms with Crippen LogP contribution >= 0.6 is 27.3 Å². The second kappa shape index (κ2) is 4.72. The van der Waals surface area contributed by atoms with Gasteiger partial charge in [-0.2, -0.15) is 0 Å². The van der Waals surface area contributed by atoms with Gasteiger partial charge in [0.15, 0.2) is 0 Å². The van der Waals surface area contributed by atoms with E-state index >= 15 is 0 Å². The van der Waals surface area contributed by atoms with Gasteiger partial charge in [0, 0.05) is 19.0 Å². The van der Waals surface area contributed by atoms with Crippen molar-refractivity contribution in [3.05, 3.63) is 15.0 Å². The van der Waals surface area contributed by atoms with Gasteiger partial charge in [-0.1, -0.05) is 0 Å². The first-order valence-electron chi connectivity index (χ1n) is 5.03. The van der Waals surface area contributed by atoms with E-state index < -0.39 is 10.0 Å². The molecule has 0 aliphatic carbocycles.